The Balaban J connectivity index is 2.13. The van der Waals surface area contributed by atoms with E-state index in [0.29, 0.717) is 22.1 Å². The van der Waals surface area contributed by atoms with Crippen LogP contribution in [-0.4, -0.2) is 10.1 Å². The number of hydrogen-bond donors (Lipinski definition) is 1. The Kier molecular flexibility index (Phi) is 3.78. The number of hydrogen-bond acceptors (Lipinski definition) is 3. The van der Waals surface area contributed by atoms with Crippen molar-refractivity contribution >= 4 is 22.5 Å². The highest BCUT2D eigenvalue weighted by Gasteiger charge is 2.11. The predicted octanol–water partition coefficient (Wildman–Crippen LogP) is 4.48. The van der Waals surface area contributed by atoms with Gasteiger partial charge in [0.05, 0.1) is 11.6 Å². The van der Waals surface area contributed by atoms with Crippen molar-refractivity contribution in [3.05, 3.63) is 64.8 Å². The molecule has 0 saturated carbocycles. The molecule has 0 spiro atoms. The van der Waals surface area contributed by atoms with E-state index >= 15 is 0 Å². The van der Waals surface area contributed by atoms with Crippen molar-refractivity contribution in [1.29, 1.82) is 0 Å². The van der Waals surface area contributed by atoms with Gasteiger partial charge in [-0.2, -0.15) is 0 Å². The summed E-state index contributed by atoms with van der Waals surface area (Å²) in [5.41, 5.74) is 2.34. The quantitative estimate of drug-likeness (QED) is 0.775. The summed E-state index contributed by atoms with van der Waals surface area (Å²) in [6.07, 6.45) is 0. The van der Waals surface area contributed by atoms with Crippen molar-refractivity contribution in [2.24, 2.45) is 0 Å². The first-order chi connectivity index (χ1) is 10.2. The molecule has 0 aliphatic rings. The first-order valence-corrected chi connectivity index (χ1v) is 6.99. The van der Waals surface area contributed by atoms with Crippen molar-refractivity contribution < 1.29 is 9.84 Å². The zero-order chi connectivity index (χ0) is 14.8. The highest BCUT2D eigenvalue weighted by atomic mass is 35.5. The second-order valence-electron chi connectivity index (χ2n) is 4.77. The number of halogens is 1. The van der Waals surface area contributed by atoms with Gasteiger partial charge in [-0.05, 0) is 25.1 Å². The van der Waals surface area contributed by atoms with Crippen LogP contribution in [-0.2, 0) is 6.61 Å². The smallest absolute Gasteiger partial charge is 0.153 e. The van der Waals surface area contributed by atoms with Gasteiger partial charge in [0.15, 0.2) is 11.5 Å². The topological polar surface area (TPSA) is 42.4 Å². The monoisotopic (exact) mass is 299 g/mol. The highest BCUT2D eigenvalue weighted by Crippen LogP contribution is 2.35. The van der Waals surface area contributed by atoms with Crippen molar-refractivity contribution in [2.45, 2.75) is 13.5 Å². The van der Waals surface area contributed by atoms with Gasteiger partial charge in [0.25, 0.3) is 0 Å². The molecular weight excluding hydrogens is 286 g/mol. The average molecular weight is 300 g/mol. The van der Waals surface area contributed by atoms with Crippen LogP contribution in [0.5, 0.6) is 11.5 Å². The molecule has 1 heterocycles. The van der Waals surface area contributed by atoms with Crippen LogP contribution in [0, 0.1) is 6.92 Å². The average Bonchev–Trinajstić information content (AvgIpc) is 2.49. The van der Waals surface area contributed by atoms with Crippen molar-refractivity contribution in [3.63, 3.8) is 0 Å². The van der Waals surface area contributed by atoms with Crippen LogP contribution in [0.2, 0.25) is 5.02 Å². The van der Waals surface area contributed by atoms with Gasteiger partial charge in [-0.15, -0.1) is 0 Å². The summed E-state index contributed by atoms with van der Waals surface area (Å²) in [4.78, 5) is 4.53. The van der Waals surface area contributed by atoms with Crippen LogP contribution in [0.25, 0.3) is 10.9 Å². The van der Waals surface area contributed by atoms with Crippen LogP contribution in [0.4, 0.5) is 0 Å². The van der Waals surface area contributed by atoms with E-state index in [1.54, 1.807) is 18.2 Å². The third-order valence-corrected chi connectivity index (χ3v) is 3.55. The molecule has 0 bridgehead atoms. The molecule has 1 aromatic heterocycles. The lowest BCUT2D eigenvalue weighted by atomic mass is 10.2. The summed E-state index contributed by atoms with van der Waals surface area (Å²) in [7, 11) is 0. The van der Waals surface area contributed by atoms with Crippen molar-refractivity contribution in [1.82, 2.24) is 4.98 Å². The lowest BCUT2D eigenvalue weighted by Gasteiger charge is -2.13. The maximum absolute atomic E-state index is 9.42. The van der Waals surface area contributed by atoms with Gasteiger partial charge < -0.3 is 9.84 Å². The molecule has 0 saturated heterocycles. The molecule has 0 aliphatic heterocycles. The molecule has 2 aromatic carbocycles. The Bertz CT molecular complexity index is 802. The molecule has 106 valence electrons. The lowest BCUT2D eigenvalue weighted by Crippen LogP contribution is -1.94. The van der Waals surface area contributed by atoms with Gasteiger partial charge in [-0.1, -0.05) is 41.9 Å². The number of rotatable bonds is 3. The fourth-order valence-electron chi connectivity index (χ4n) is 2.20. The molecule has 3 aromatic rings. The summed E-state index contributed by atoms with van der Waals surface area (Å²) >= 11 is 6.18. The minimum absolute atomic E-state index is 0.132. The zero-order valence-electron chi connectivity index (χ0n) is 11.5. The minimum atomic E-state index is -0.132. The van der Waals surface area contributed by atoms with Crippen LogP contribution in [0.15, 0.2) is 48.5 Å². The molecule has 3 nitrogen and oxygen atoms in total. The second-order valence-corrected chi connectivity index (χ2v) is 5.18. The number of aliphatic hydroxyl groups excluding tert-OH is 1. The molecule has 4 heteroatoms. The van der Waals surface area contributed by atoms with Gasteiger partial charge in [0, 0.05) is 16.6 Å². The number of aryl methyl sites for hydroxylation is 1. The van der Waals surface area contributed by atoms with E-state index in [9.17, 15) is 5.11 Å². The second kappa shape index (κ2) is 5.72. The van der Waals surface area contributed by atoms with E-state index in [1.165, 1.54) is 0 Å². The van der Waals surface area contributed by atoms with E-state index in [1.807, 2.05) is 37.3 Å². The Hall–Kier alpha value is -2.10. The molecule has 3 rings (SSSR count). The Morgan fingerprint density at radius 2 is 1.90 bits per heavy atom. The number of fused-ring (bicyclic) bond motifs is 1. The number of pyridine rings is 1. The fraction of sp³-hybridized carbons (Fsp3) is 0.118. The highest BCUT2D eigenvalue weighted by molar-refractivity contribution is 6.32. The molecule has 0 amide bonds. The summed E-state index contributed by atoms with van der Waals surface area (Å²) in [5, 5.41) is 10.9. The SMILES string of the molecule is Cc1ccc2cccc(Oc3c(Cl)cccc3CO)c2n1. The standard InChI is InChI=1S/C17H14ClNO2/c1-11-8-9-12-4-3-7-15(16(12)19-11)21-17-13(10-20)5-2-6-14(17)18/h2-9,20H,10H2,1H3. The Labute approximate surface area is 127 Å². The van der Waals surface area contributed by atoms with Crippen LogP contribution < -0.4 is 4.74 Å². The third kappa shape index (κ3) is 2.71. The molecule has 0 radical (unpaired) electrons. The molecular formula is C17H14ClNO2. The van der Waals surface area contributed by atoms with Gasteiger partial charge in [-0.3, -0.25) is 0 Å². The van der Waals surface area contributed by atoms with E-state index in [0.717, 1.165) is 16.6 Å². The number of aromatic nitrogens is 1. The molecule has 0 fully saturated rings. The Morgan fingerprint density at radius 3 is 2.71 bits per heavy atom. The Morgan fingerprint density at radius 1 is 1.10 bits per heavy atom. The molecule has 0 atom stereocenters. The van der Waals surface area contributed by atoms with Crippen molar-refractivity contribution in [3.8, 4) is 11.5 Å². The third-order valence-electron chi connectivity index (χ3n) is 3.25. The van der Waals surface area contributed by atoms with Crippen molar-refractivity contribution in [2.75, 3.05) is 0 Å². The van der Waals surface area contributed by atoms with Gasteiger partial charge in [-0.25, -0.2) is 4.98 Å². The molecule has 21 heavy (non-hydrogen) atoms. The van der Waals surface area contributed by atoms with E-state index in [2.05, 4.69) is 4.98 Å². The van der Waals surface area contributed by atoms with E-state index in [4.69, 9.17) is 16.3 Å². The van der Waals surface area contributed by atoms with E-state index < -0.39 is 0 Å². The van der Waals surface area contributed by atoms with Crippen LogP contribution >= 0.6 is 11.6 Å². The molecule has 1 N–H and O–H groups in total. The fourth-order valence-corrected chi connectivity index (χ4v) is 2.43. The number of aliphatic hydroxyl groups is 1. The number of benzene rings is 2. The summed E-state index contributed by atoms with van der Waals surface area (Å²) in [6, 6.07) is 15.0. The minimum Gasteiger partial charge on any atom is -0.453 e. The summed E-state index contributed by atoms with van der Waals surface area (Å²) in [6.45, 7) is 1.80. The normalized spacial score (nSPS) is 10.8. The number of para-hydroxylation sites is 2. The lowest BCUT2D eigenvalue weighted by molar-refractivity contribution is 0.276. The molecule has 0 unspecified atom stereocenters. The van der Waals surface area contributed by atoms with Crippen LogP contribution in [0.1, 0.15) is 11.3 Å². The molecule has 0 aliphatic carbocycles. The van der Waals surface area contributed by atoms with Gasteiger partial charge in [0.1, 0.15) is 5.52 Å². The largest absolute Gasteiger partial charge is 0.453 e. The maximum Gasteiger partial charge on any atom is 0.153 e. The summed E-state index contributed by atoms with van der Waals surface area (Å²) in [5.74, 6) is 1.09. The van der Waals surface area contributed by atoms with Crippen LogP contribution in [0.3, 0.4) is 0 Å². The predicted molar refractivity (Wildman–Crippen MR) is 83.9 cm³/mol. The van der Waals surface area contributed by atoms with E-state index in [-0.39, 0.29) is 6.61 Å². The maximum atomic E-state index is 9.42. The van der Waals surface area contributed by atoms with Gasteiger partial charge >= 0.3 is 0 Å². The first-order valence-electron chi connectivity index (χ1n) is 6.61. The summed E-state index contributed by atoms with van der Waals surface area (Å²) < 4.78 is 5.94. The number of ether oxygens (including phenoxy) is 1. The zero-order valence-corrected chi connectivity index (χ0v) is 12.3. The van der Waals surface area contributed by atoms with Gasteiger partial charge in [0.2, 0.25) is 0 Å². The number of nitrogens with zero attached hydrogens (tertiary/aromatic N) is 1. The first kappa shape index (κ1) is 13.9.